The zero-order chi connectivity index (χ0) is 17.6. The van der Waals surface area contributed by atoms with Crippen molar-refractivity contribution in [3.63, 3.8) is 0 Å². The number of ether oxygens (including phenoxy) is 1. The van der Waals surface area contributed by atoms with E-state index in [-0.39, 0.29) is 11.2 Å². The number of fused-ring (bicyclic) bond motifs is 1. The Balaban J connectivity index is 1.92. The third-order valence-electron chi connectivity index (χ3n) is 3.48. The van der Waals surface area contributed by atoms with Crippen molar-refractivity contribution in [1.82, 2.24) is 19.5 Å². The molecule has 24 heavy (non-hydrogen) atoms. The number of H-pyrrole nitrogens is 2. The van der Waals surface area contributed by atoms with Gasteiger partial charge >= 0.3 is 5.69 Å². The molecule has 1 saturated heterocycles. The third-order valence-corrected chi connectivity index (χ3v) is 3.94. The van der Waals surface area contributed by atoms with E-state index in [1.807, 2.05) is 4.98 Å². The van der Waals surface area contributed by atoms with Gasteiger partial charge in [-0.1, -0.05) is 0 Å². The normalized spacial score (nSPS) is 27.8. The van der Waals surface area contributed by atoms with Crippen molar-refractivity contribution >= 4 is 19.0 Å². The van der Waals surface area contributed by atoms with Gasteiger partial charge < -0.3 is 33.8 Å². The number of phosphoric acid groups is 1. The second-order valence-electron chi connectivity index (χ2n) is 5.05. The molecule has 2 aromatic heterocycles. The van der Waals surface area contributed by atoms with E-state index in [1.54, 1.807) is 0 Å². The molecule has 2 aromatic rings. The van der Waals surface area contributed by atoms with Crippen LogP contribution in [0.15, 0.2) is 15.9 Å². The molecule has 0 spiro atoms. The Labute approximate surface area is 131 Å². The summed E-state index contributed by atoms with van der Waals surface area (Å²) in [7, 11) is -5.28. The first-order chi connectivity index (χ1) is 11.2. The van der Waals surface area contributed by atoms with Gasteiger partial charge in [0.05, 0.1) is 20.8 Å². The van der Waals surface area contributed by atoms with Crippen molar-refractivity contribution in [1.29, 1.82) is 0 Å². The number of aromatic amines is 2. The molecular formula is C10H11N4O9P-2. The highest BCUT2D eigenvalue weighted by molar-refractivity contribution is 7.43. The van der Waals surface area contributed by atoms with Crippen molar-refractivity contribution in [3.8, 4) is 0 Å². The standard InChI is InChI=1S/C10H13N4O9P/c15-5-3(1-22-24(19,20)21)23-9(6(5)16)14-2-11-4-7(14)12-10(18)13-8(4)17/h2-3,5-6,9,15-16H,1H2,(H2,19,20,21)(H2,12,13,17,18)/p-2. The Morgan fingerprint density at radius 2 is 2.04 bits per heavy atom. The number of phosphoric ester groups is 1. The predicted molar refractivity (Wildman–Crippen MR) is 70.5 cm³/mol. The van der Waals surface area contributed by atoms with Crippen LogP contribution < -0.4 is 21.0 Å². The van der Waals surface area contributed by atoms with Crippen LogP contribution in [0.2, 0.25) is 0 Å². The van der Waals surface area contributed by atoms with Crippen LogP contribution in [-0.4, -0.2) is 54.7 Å². The van der Waals surface area contributed by atoms with Crippen LogP contribution in [0.25, 0.3) is 11.2 Å². The molecule has 13 nitrogen and oxygen atoms in total. The smallest absolute Gasteiger partial charge is 0.327 e. The Morgan fingerprint density at radius 1 is 1.33 bits per heavy atom. The Morgan fingerprint density at radius 3 is 2.71 bits per heavy atom. The molecule has 3 rings (SSSR count). The van der Waals surface area contributed by atoms with Crippen molar-refractivity contribution in [2.24, 2.45) is 0 Å². The molecule has 14 heteroatoms. The lowest BCUT2D eigenvalue weighted by molar-refractivity contribution is -0.343. The van der Waals surface area contributed by atoms with Crippen molar-refractivity contribution in [3.05, 3.63) is 27.2 Å². The van der Waals surface area contributed by atoms with Crippen LogP contribution >= 0.6 is 7.82 Å². The minimum atomic E-state index is -5.28. The van der Waals surface area contributed by atoms with E-state index in [2.05, 4.69) is 14.5 Å². The van der Waals surface area contributed by atoms with Gasteiger partial charge in [0.2, 0.25) is 0 Å². The van der Waals surface area contributed by atoms with Gasteiger partial charge in [-0.05, 0) is 0 Å². The largest absolute Gasteiger partial charge is 0.790 e. The third kappa shape index (κ3) is 3.06. The minimum Gasteiger partial charge on any atom is -0.790 e. The number of rotatable bonds is 4. The molecule has 3 heterocycles. The van der Waals surface area contributed by atoms with Gasteiger partial charge in [-0.2, -0.15) is 0 Å². The Kier molecular flexibility index (Phi) is 4.17. The summed E-state index contributed by atoms with van der Waals surface area (Å²) < 4.78 is 20.9. The van der Waals surface area contributed by atoms with Gasteiger partial charge in [0.25, 0.3) is 5.56 Å². The van der Waals surface area contributed by atoms with Gasteiger partial charge in [0.1, 0.15) is 24.0 Å². The average Bonchev–Trinajstić information content (AvgIpc) is 3.00. The molecular weight excluding hydrogens is 351 g/mol. The number of aliphatic hydroxyl groups is 2. The van der Waals surface area contributed by atoms with Crippen molar-refractivity contribution in [2.75, 3.05) is 6.61 Å². The lowest BCUT2D eigenvalue weighted by Gasteiger charge is -2.30. The van der Waals surface area contributed by atoms with Gasteiger partial charge in [0.15, 0.2) is 11.7 Å². The Bertz CT molecular complexity index is 913. The molecule has 0 amide bonds. The Hall–Kier alpha value is -1.86. The maximum atomic E-state index is 11.6. The summed E-state index contributed by atoms with van der Waals surface area (Å²) in [5.74, 6) is 0. The quantitative estimate of drug-likeness (QED) is 0.386. The van der Waals surface area contributed by atoms with Crippen LogP contribution in [0.1, 0.15) is 6.23 Å². The van der Waals surface area contributed by atoms with E-state index >= 15 is 0 Å². The summed E-state index contributed by atoms with van der Waals surface area (Å²) in [6.07, 6.45) is -4.67. The number of aromatic nitrogens is 4. The van der Waals surface area contributed by atoms with Gasteiger partial charge in [-0.15, -0.1) is 0 Å². The van der Waals surface area contributed by atoms with Crippen LogP contribution in [0.3, 0.4) is 0 Å². The molecule has 4 unspecified atom stereocenters. The van der Waals surface area contributed by atoms with Crippen LogP contribution in [0.4, 0.5) is 0 Å². The molecule has 0 aromatic carbocycles. The molecule has 0 radical (unpaired) electrons. The van der Waals surface area contributed by atoms with E-state index in [9.17, 15) is 34.2 Å². The monoisotopic (exact) mass is 362 g/mol. The van der Waals surface area contributed by atoms with Gasteiger partial charge in [-0.25, -0.2) is 9.78 Å². The molecule has 1 fully saturated rings. The first kappa shape index (κ1) is 17.0. The zero-order valence-electron chi connectivity index (χ0n) is 11.7. The number of hydrogen-bond acceptors (Lipinski definition) is 10. The molecule has 0 aliphatic carbocycles. The summed E-state index contributed by atoms with van der Waals surface area (Å²) in [6, 6.07) is 0. The average molecular weight is 362 g/mol. The van der Waals surface area contributed by atoms with Crippen LogP contribution in [-0.2, 0) is 13.8 Å². The summed E-state index contributed by atoms with van der Waals surface area (Å²) in [6.45, 7) is -0.803. The van der Waals surface area contributed by atoms with E-state index in [4.69, 9.17) is 4.74 Å². The molecule has 4 atom stereocenters. The van der Waals surface area contributed by atoms with E-state index in [1.165, 1.54) is 0 Å². The minimum absolute atomic E-state index is 0.0695. The highest BCUT2D eigenvalue weighted by Gasteiger charge is 2.44. The summed E-state index contributed by atoms with van der Waals surface area (Å²) >= 11 is 0. The predicted octanol–water partition coefficient (Wildman–Crippen LogP) is -4.12. The first-order valence-corrected chi connectivity index (χ1v) is 8.01. The van der Waals surface area contributed by atoms with E-state index in [0.29, 0.717) is 0 Å². The van der Waals surface area contributed by atoms with Crippen LogP contribution in [0, 0.1) is 0 Å². The number of nitrogens with zero attached hydrogens (tertiary/aromatic N) is 2. The summed E-state index contributed by atoms with van der Waals surface area (Å²) in [5, 5.41) is 19.9. The number of nitrogens with one attached hydrogen (secondary N) is 2. The number of imidazole rings is 1. The van der Waals surface area contributed by atoms with Crippen molar-refractivity contribution in [2.45, 2.75) is 24.5 Å². The van der Waals surface area contributed by atoms with Gasteiger partial charge in [-0.3, -0.25) is 19.3 Å². The van der Waals surface area contributed by atoms with Crippen LogP contribution in [0.5, 0.6) is 0 Å². The highest BCUT2D eigenvalue weighted by atomic mass is 31.2. The molecule has 132 valence electrons. The fourth-order valence-corrected chi connectivity index (χ4v) is 2.74. The molecule has 0 saturated carbocycles. The van der Waals surface area contributed by atoms with E-state index < -0.39 is 50.2 Å². The van der Waals surface area contributed by atoms with Gasteiger partial charge in [0, 0.05) is 0 Å². The summed E-state index contributed by atoms with van der Waals surface area (Å²) in [4.78, 5) is 52.0. The topological polar surface area (TPSA) is 206 Å². The van der Waals surface area contributed by atoms with Crippen molar-refractivity contribution < 1.29 is 33.8 Å². The molecule has 0 bridgehead atoms. The lowest BCUT2D eigenvalue weighted by Crippen LogP contribution is -2.34. The SMILES string of the molecule is O=c1[nH]c(=O)c2ncn(C3OC(COP(=O)([O-])[O-])C(O)C3O)c2[nH]1. The summed E-state index contributed by atoms with van der Waals surface area (Å²) in [5.41, 5.74) is -1.79. The van der Waals surface area contributed by atoms with E-state index in [0.717, 1.165) is 10.9 Å². The number of hydrogen-bond donors (Lipinski definition) is 4. The second kappa shape index (κ2) is 5.89. The second-order valence-corrected chi connectivity index (χ2v) is 6.20. The maximum Gasteiger partial charge on any atom is 0.327 e. The molecule has 1 aliphatic rings. The first-order valence-electron chi connectivity index (χ1n) is 6.55. The zero-order valence-corrected chi connectivity index (χ0v) is 12.6. The molecule has 1 aliphatic heterocycles. The fraction of sp³-hybridized carbons (Fsp3) is 0.500. The fourth-order valence-electron chi connectivity index (χ4n) is 2.41. The maximum absolute atomic E-state index is 11.6. The highest BCUT2D eigenvalue weighted by Crippen LogP contribution is 2.33. The molecule has 4 N–H and O–H groups in total. The number of aliphatic hydroxyl groups excluding tert-OH is 2. The lowest BCUT2D eigenvalue weighted by atomic mass is 10.1.